The molecular weight excluding hydrogens is 506 g/mol. The van der Waals surface area contributed by atoms with Gasteiger partial charge in [0.25, 0.3) is 5.91 Å². The Bertz CT molecular complexity index is 1300. The lowest BCUT2D eigenvalue weighted by atomic mass is 9.74. The van der Waals surface area contributed by atoms with Crippen molar-refractivity contribution in [2.45, 2.75) is 49.3 Å². The fourth-order valence-electron chi connectivity index (χ4n) is 6.51. The Kier molecular flexibility index (Phi) is 7.60. The molecule has 210 valence electrons. The van der Waals surface area contributed by atoms with Crippen molar-refractivity contribution in [1.29, 1.82) is 5.26 Å². The first-order valence-corrected chi connectivity index (χ1v) is 14.3. The van der Waals surface area contributed by atoms with E-state index in [9.17, 15) is 14.9 Å². The maximum atomic E-state index is 13.6. The van der Waals surface area contributed by atoms with Crippen LogP contribution in [0, 0.1) is 11.3 Å². The molecule has 4 aliphatic heterocycles. The van der Waals surface area contributed by atoms with E-state index in [4.69, 9.17) is 9.47 Å². The molecule has 0 saturated carbocycles. The number of anilines is 1. The number of amides is 2. The van der Waals surface area contributed by atoms with Crippen molar-refractivity contribution in [3.63, 3.8) is 0 Å². The van der Waals surface area contributed by atoms with Crippen LogP contribution in [0.25, 0.3) is 11.1 Å². The molecule has 3 fully saturated rings. The van der Waals surface area contributed by atoms with Gasteiger partial charge in [-0.15, -0.1) is 0 Å². The van der Waals surface area contributed by atoms with Crippen molar-refractivity contribution in [2.24, 2.45) is 0 Å². The second-order valence-corrected chi connectivity index (χ2v) is 11.5. The van der Waals surface area contributed by atoms with Crippen LogP contribution >= 0.6 is 0 Å². The Balaban J connectivity index is 1.17. The van der Waals surface area contributed by atoms with Crippen LogP contribution < -0.4 is 15.5 Å². The number of hydrogen-bond acceptors (Lipinski definition) is 7. The summed E-state index contributed by atoms with van der Waals surface area (Å²) in [6.45, 7) is 5.06. The number of carbonyl (C=O) groups is 2. The molecule has 2 aromatic carbocycles. The van der Waals surface area contributed by atoms with Crippen LogP contribution in [0.1, 0.15) is 30.4 Å². The molecule has 9 nitrogen and oxygen atoms in total. The lowest BCUT2D eigenvalue weighted by Crippen LogP contribution is -2.58. The molecule has 2 amide bonds. The molecule has 6 rings (SSSR count). The first kappa shape index (κ1) is 26.9. The van der Waals surface area contributed by atoms with Gasteiger partial charge in [0.1, 0.15) is 12.1 Å². The van der Waals surface area contributed by atoms with Crippen LogP contribution in [0.4, 0.5) is 5.69 Å². The molecular formula is C31H37N5O4. The van der Waals surface area contributed by atoms with E-state index in [1.165, 1.54) is 0 Å². The highest BCUT2D eigenvalue weighted by atomic mass is 16.5. The number of piperidine rings is 1. The topological polar surface area (TPSA) is 107 Å². The highest BCUT2D eigenvalue weighted by molar-refractivity contribution is 6.08. The van der Waals surface area contributed by atoms with Crippen LogP contribution in [0.3, 0.4) is 0 Å². The summed E-state index contributed by atoms with van der Waals surface area (Å²) in [6.07, 6.45) is 2.56. The van der Waals surface area contributed by atoms with Crippen molar-refractivity contribution in [2.75, 3.05) is 57.9 Å². The van der Waals surface area contributed by atoms with Crippen LogP contribution in [-0.4, -0.2) is 87.9 Å². The summed E-state index contributed by atoms with van der Waals surface area (Å²) >= 11 is 0. The van der Waals surface area contributed by atoms with Gasteiger partial charge in [-0.1, -0.05) is 30.3 Å². The summed E-state index contributed by atoms with van der Waals surface area (Å²) in [5.41, 5.74) is 4.70. The zero-order chi connectivity index (χ0) is 27.7. The first-order valence-electron chi connectivity index (χ1n) is 14.3. The fraction of sp³-hybridized carbons (Fsp3) is 0.516. The first-order chi connectivity index (χ1) is 19.5. The molecule has 3 saturated heterocycles. The van der Waals surface area contributed by atoms with E-state index >= 15 is 0 Å². The monoisotopic (exact) mass is 543 g/mol. The molecule has 0 bridgehead atoms. The average Bonchev–Trinajstić information content (AvgIpc) is 3.15. The molecule has 2 N–H and O–H groups in total. The third-order valence-electron chi connectivity index (χ3n) is 8.88. The van der Waals surface area contributed by atoms with E-state index in [1.54, 1.807) is 0 Å². The number of nitrogens with zero attached hydrogens (tertiary/aromatic N) is 3. The third kappa shape index (κ3) is 5.01. The number of rotatable bonds is 6. The number of likely N-dealkylation sites (N-methyl/N-ethyl adjacent to an activating group) is 1. The molecule has 3 atom stereocenters. The van der Waals surface area contributed by atoms with Gasteiger partial charge in [0.05, 0.1) is 30.7 Å². The number of hydrogen-bond donors (Lipinski definition) is 2. The van der Waals surface area contributed by atoms with Gasteiger partial charge in [-0.3, -0.25) is 14.5 Å². The number of ether oxygens (including phenoxy) is 2. The Hall–Kier alpha value is -3.29. The van der Waals surface area contributed by atoms with Crippen molar-refractivity contribution in [1.82, 2.24) is 15.5 Å². The zero-order valence-corrected chi connectivity index (χ0v) is 23.0. The number of nitriles is 1. The lowest BCUT2D eigenvalue weighted by Gasteiger charge is -2.45. The Labute approximate surface area is 235 Å². The maximum absolute atomic E-state index is 13.6. The molecule has 0 aromatic heterocycles. The van der Waals surface area contributed by atoms with E-state index in [0.29, 0.717) is 25.6 Å². The minimum absolute atomic E-state index is 0.189. The average molecular weight is 544 g/mol. The van der Waals surface area contributed by atoms with Gasteiger partial charge in [-0.2, -0.15) is 5.26 Å². The predicted molar refractivity (Wildman–Crippen MR) is 151 cm³/mol. The normalized spacial score (nSPS) is 26.1. The second-order valence-electron chi connectivity index (χ2n) is 11.5. The fourth-order valence-corrected chi connectivity index (χ4v) is 6.51. The summed E-state index contributed by atoms with van der Waals surface area (Å²) < 4.78 is 11.1. The molecule has 4 aliphatic rings. The van der Waals surface area contributed by atoms with Crippen molar-refractivity contribution >= 4 is 17.5 Å². The minimum atomic E-state index is -0.637. The second kappa shape index (κ2) is 11.3. The summed E-state index contributed by atoms with van der Waals surface area (Å²) in [5, 5.41) is 15.7. The van der Waals surface area contributed by atoms with E-state index in [-0.39, 0.29) is 11.8 Å². The van der Waals surface area contributed by atoms with Crippen molar-refractivity contribution in [3.8, 4) is 17.2 Å². The summed E-state index contributed by atoms with van der Waals surface area (Å²) in [6, 6.07) is 16.5. The third-order valence-corrected chi connectivity index (χ3v) is 8.88. The standard InChI is InChI=1S/C31H37N5O4/c1-35-27-9-8-23(15-26(27)31(30(35)38)10-2-12-36(20-31)25-18-39-19-25)22-6-4-21(5-7-22)14-24(16-32)34-29(37)28-17-33-11-3-13-40-28/h4-9,15,24-25,28,33H,2-3,10-14,17-20H2,1H3,(H,34,37)/t24-,28-,31?/m0/s1. The Morgan fingerprint density at radius 2 is 2.00 bits per heavy atom. The van der Waals surface area contributed by atoms with E-state index in [0.717, 1.165) is 80.1 Å². The quantitative estimate of drug-likeness (QED) is 0.574. The van der Waals surface area contributed by atoms with Gasteiger partial charge in [0.2, 0.25) is 5.91 Å². The molecule has 1 unspecified atom stereocenters. The van der Waals surface area contributed by atoms with E-state index in [2.05, 4.69) is 51.9 Å². The minimum Gasteiger partial charge on any atom is -0.378 e. The molecule has 40 heavy (non-hydrogen) atoms. The molecule has 4 heterocycles. The van der Waals surface area contributed by atoms with Crippen LogP contribution in [0.15, 0.2) is 42.5 Å². The largest absolute Gasteiger partial charge is 0.378 e. The summed E-state index contributed by atoms with van der Waals surface area (Å²) in [4.78, 5) is 30.5. The maximum Gasteiger partial charge on any atom is 0.251 e. The number of benzene rings is 2. The zero-order valence-electron chi connectivity index (χ0n) is 23.0. The van der Waals surface area contributed by atoms with Crippen LogP contribution in [0.2, 0.25) is 0 Å². The number of likely N-dealkylation sites (tertiary alicyclic amines) is 1. The lowest BCUT2D eigenvalue weighted by molar-refractivity contribution is -0.132. The van der Waals surface area contributed by atoms with E-state index in [1.807, 2.05) is 24.1 Å². The molecule has 2 aromatic rings. The van der Waals surface area contributed by atoms with Crippen LogP contribution in [-0.2, 0) is 30.9 Å². The molecule has 9 heteroatoms. The number of carbonyl (C=O) groups excluding carboxylic acids is 2. The molecule has 1 spiro atoms. The van der Waals surface area contributed by atoms with Gasteiger partial charge in [0.15, 0.2) is 0 Å². The predicted octanol–water partition coefficient (Wildman–Crippen LogP) is 1.99. The molecule has 0 aliphatic carbocycles. The highest BCUT2D eigenvalue weighted by Gasteiger charge is 2.52. The van der Waals surface area contributed by atoms with Crippen molar-refractivity contribution in [3.05, 3.63) is 53.6 Å². The van der Waals surface area contributed by atoms with Gasteiger partial charge < -0.3 is 25.0 Å². The Morgan fingerprint density at radius 1 is 1.20 bits per heavy atom. The van der Waals surface area contributed by atoms with Crippen LogP contribution in [0.5, 0.6) is 0 Å². The smallest absolute Gasteiger partial charge is 0.251 e. The van der Waals surface area contributed by atoms with Gasteiger partial charge >= 0.3 is 0 Å². The molecule has 0 radical (unpaired) electrons. The number of nitrogens with one attached hydrogen (secondary N) is 2. The Morgan fingerprint density at radius 3 is 2.75 bits per heavy atom. The SMILES string of the molecule is CN1C(=O)C2(CCCN(C3COC3)C2)c2cc(-c3ccc(C[C@@H](C#N)NC(=O)[C@@H]4CNCCCO4)cc3)ccc21. The van der Waals surface area contributed by atoms with Gasteiger partial charge in [0, 0.05) is 38.9 Å². The summed E-state index contributed by atoms with van der Waals surface area (Å²) in [7, 11) is 1.89. The van der Waals surface area contributed by atoms with Gasteiger partial charge in [-0.05, 0) is 66.7 Å². The highest BCUT2D eigenvalue weighted by Crippen LogP contribution is 2.48. The number of fused-ring (bicyclic) bond motifs is 2. The van der Waals surface area contributed by atoms with Gasteiger partial charge in [-0.25, -0.2) is 0 Å². The van der Waals surface area contributed by atoms with E-state index < -0.39 is 17.6 Å². The summed E-state index contributed by atoms with van der Waals surface area (Å²) in [5.74, 6) is -0.0650. The van der Waals surface area contributed by atoms with Crippen molar-refractivity contribution < 1.29 is 19.1 Å².